The number of benzene rings is 1. The molecule has 1 heterocycles. The zero-order valence-corrected chi connectivity index (χ0v) is 14.7. The molecular formula is C20H26N4O. The zero-order chi connectivity index (χ0) is 17.4. The van der Waals surface area contributed by atoms with Crippen LogP contribution in [0.2, 0.25) is 0 Å². The highest BCUT2D eigenvalue weighted by Crippen LogP contribution is 2.42. The van der Waals surface area contributed by atoms with Crippen molar-refractivity contribution < 1.29 is 4.79 Å². The average molecular weight is 338 g/mol. The molecule has 2 fully saturated rings. The van der Waals surface area contributed by atoms with E-state index in [1.807, 2.05) is 41.9 Å². The van der Waals surface area contributed by atoms with E-state index in [0.29, 0.717) is 11.8 Å². The van der Waals surface area contributed by atoms with Gasteiger partial charge in [0.2, 0.25) is 5.91 Å². The van der Waals surface area contributed by atoms with Crippen LogP contribution in [0.3, 0.4) is 0 Å². The molecule has 1 aromatic heterocycles. The van der Waals surface area contributed by atoms with Crippen molar-refractivity contribution in [3.05, 3.63) is 42.1 Å². The van der Waals surface area contributed by atoms with Crippen LogP contribution >= 0.6 is 0 Å². The normalized spacial score (nSPS) is 28.6. The van der Waals surface area contributed by atoms with Crippen LogP contribution < -0.4 is 11.1 Å². The number of hydrogen-bond acceptors (Lipinski definition) is 3. The number of aromatic nitrogens is 2. The second kappa shape index (κ2) is 6.64. The van der Waals surface area contributed by atoms with Gasteiger partial charge in [-0.25, -0.2) is 4.68 Å². The van der Waals surface area contributed by atoms with Crippen LogP contribution in [0, 0.1) is 24.7 Å². The van der Waals surface area contributed by atoms with Gasteiger partial charge in [-0.05, 0) is 56.1 Å². The van der Waals surface area contributed by atoms with Crippen molar-refractivity contribution in [2.75, 3.05) is 5.32 Å². The number of aryl methyl sites for hydroxylation is 1. The Hall–Kier alpha value is -2.14. The Balaban J connectivity index is 1.51. The average Bonchev–Trinajstić information content (AvgIpc) is 3.03. The Labute approximate surface area is 148 Å². The SMILES string of the molecule is Cc1ccccc1-n1nccc1NC(=O)C1CC2CCCC(C1)C2N. The molecule has 3 N–H and O–H groups in total. The molecule has 1 aromatic carbocycles. The Kier molecular flexibility index (Phi) is 4.34. The van der Waals surface area contributed by atoms with Crippen LogP contribution in [0.1, 0.15) is 37.7 Å². The maximum atomic E-state index is 12.9. The van der Waals surface area contributed by atoms with Gasteiger partial charge in [0, 0.05) is 18.0 Å². The molecule has 4 rings (SSSR count). The fourth-order valence-electron chi connectivity index (χ4n) is 4.62. The van der Waals surface area contributed by atoms with Crippen molar-refractivity contribution in [2.24, 2.45) is 23.5 Å². The van der Waals surface area contributed by atoms with Gasteiger partial charge in [-0.1, -0.05) is 24.6 Å². The van der Waals surface area contributed by atoms with Crippen molar-refractivity contribution in [2.45, 2.75) is 45.1 Å². The summed E-state index contributed by atoms with van der Waals surface area (Å²) in [6.07, 6.45) is 7.17. The summed E-state index contributed by atoms with van der Waals surface area (Å²) in [5.41, 5.74) is 8.47. The number of carbonyl (C=O) groups is 1. The summed E-state index contributed by atoms with van der Waals surface area (Å²) in [5, 5.41) is 7.51. The molecular weight excluding hydrogens is 312 g/mol. The number of rotatable bonds is 3. The number of carbonyl (C=O) groups excluding carboxylic acids is 1. The van der Waals surface area contributed by atoms with Gasteiger partial charge >= 0.3 is 0 Å². The van der Waals surface area contributed by atoms with E-state index in [0.717, 1.165) is 29.9 Å². The summed E-state index contributed by atoms with van der Waals surface area (Å²) in [5.74, 6) is 1.92. The van der Waals surface area contributed by atoms with Crippen LogP contribution in [-0.4, -0.2) is 21.7 Å². The summed E-state index contributed by atoms with van der Waals surface area (Å²) >= 11 is 0. The lowest BCUT2D eigenvalue weighted by molar-refractivity contribution is -0.122. The molecule has 0 saturated heterocycles. The molecule has 132 valence electrons. The Morgan fingerprint density at radius 3 is 2.64 bits per heavy atom. The monoisotopic (exact) mass is 338 g/mol. The molecule has 5 nitrogen and oxygen atoms in total. The van der Waals surface area contributed by atoms with Gasteiger partial charge in [-0.3, -0.25) is 4.79 Å². The minimum absolute atomic E-state index is 0.0651. The van der Waals surface area contributed by atoms with E-state index in [-0.39, 0.29) is 17.9 Å². The van der Waals surface area contributed by atoms with Crippen molar-refractivity contribution in [3.8, 4) is 5.69 Å². The van der Waals surface area contributed by atoms with Gasteiger partial charge in [0.15, 0.2) is 0 Å². The van der Waals surface area contributed by atoms with Crippen molar-refractivity contribution in [1.82, 2.24) is 9.78 Å². The van der Waals surface area contributed by atoms with Crippen LogP contribution in [-0.2, 0) is 4.79 Å². The molecule has 2 aliphatic rings. The minimum atomic E-state index is 0.0651. The number of amides is 1. The van der Waals surface area contributed by atoms with E-state index in [9.17, 15) is 4.79 Å². The smallest absolute Gasteiger partial charge is 0.228 e. The minimum Gasteiger partial charge on any atom is -0.327 e. The van der Waals surface area contributed by atoms with Crippen molar-refractivity contribution >= 4 is 11.7 Å². The van der Waals surface area contributed by atoms with E-state index in [4.69, 9.17) is 5.73 Å². The third-order valence-corrected chi connectivity index (χ3v) is 6.02. The quantitative estimate of drug-likeness (QED) is 0.902. The highest BCUT2D eigenvalue weighted by Gasteiger charge is 2.40. The topological polar surface area (TPSA) is 72.9 Å². The van der Waals surface area contributed by atoms with E-state index >= 15 is 0 Å². The Morgan fingerprint density at radius 1 is 1.20 bits per heavy atom. The summed E-state index contributed by atoms with van der Waals surface area (Å²) < 4.78 is 1.81. The lowest BCUT2D eigenvalue weighted by atomic mass is 9.65. The van der Waals surface area contributed by atoms with Crippen molar-refractivity contribution in [1.29, 1.82) is 0 Å². The number of nitrogens with two attached hydrogens (primary N) is 1. The van der Waals surface area contributed by atoms with E-state index in [1.54, 1.807) is 6.20 Å². The number of anilines is 1. The zero-order valence-electron chi connectivity index (χ0n) is 14.7. The molecule has 1 amide bonds. The van der Waals surface area contributed by atoms with Crippen LogP contribution in [0.25, 0.3) is 5.69 Å². The summed E-state index contributed by atoms with van der Waals surface area (Å²) in [7, 11) is 0. The molecule has 25 heavy (non-hydrogen) atoms. The third kappa shape index (κ3) is 3.09. The first kappa shape index (κ1) is 16.3. The first-order chi connectivity index (χ1) is 12.1. The van der Waals surface area contributed by atoms with Crippen LogP contribution in [0.5, 0.6) is 0 Å². The van der Waals surface area contributed by atoms with E-state index in [1.165, 1.54) is 19.3 Å². The molecule has 0 radical (unpaired) electrons. The number of fused-ring (bicyclic) bond motifs is 2. The largest absolute Gasteiger partial charge is 0.327 e. The lowest BCUT2D eigenvalue weighted by Gasteiger charge is -2.43. The van der Waals surface area contributed by atoms with Crippen LogP contribution in [0.15, 0.2) is 36.5 Å². The molecule has 2 aliphatic carbocycles. The van der Waals surface area contributed by atoms with Gasteiger partial charge < -0.3 is 11.1 Å². The number of para-hydroxylation sites is 1. The highest BCUT2D eigenvalue weighted by molar-refractivity contribution is 5.92. The van der Waals surface area contributed by atoms with Crippen LogP contribution in [0.4, 0.5) is 5.82 Å². The maximum Gasteiger partial charge on any atom is 0.228 e. The molecule has 0 spiro atoms. The maximum absolute atomic E-state index is 12.9. The second-order valence-corrected chi connectivity index (χ2v) is 7.60. The third-order valence-electron chi connectivity index (χ3n) is 6.02. The molecule has 2 bridgehead atoms. The molecule has 2 atom stereocenters. The van der Waals surface area contributed by atoms with Crippen molar-refractivity contribution in [3.63, 3.8) is 0 Å². The van der Waals surface area contributed by atoms with E-state index in [2.05, 4.69) is 10.4 Å². The Morgan fingerprint density at radius 2 is 1.92 bits per heavy atom. The lowest BCUT2D eigenvalue weighted by Crippen LogP contribution is -2.48. The second-order valence-electron chi connectivity index (χ2n) is 7.60. The molecule has 5 heteroatoms. The Bertz CT molecular complexity index is 755. The first-order valence-electron chi connectivity index (χ1n) is 9.30. The van der Waals surface area contributed by atoms with Gasteiger partial charge in [0.25, 0.3) is 0 Å². The van der Waals surface area contributed by atoms with E-state index < -0.39 is 0 Å². The molecule has 2 aromatic rings. The fraction of sp³-hybridized carbons (Fsp3) is 0.500. The van der Waals surface area contributed by atoms with Gasteiger partial charge in [-0.2, -0.15) is 5.10 Å². The van der Waals surface area contributed by atoms with Gasteiger partial charge in [0.05, 0.1) is 11.9 Å². The molecule has 2 unspecified atom stereocenters. The number of nitrogens with one attached hydrogen (secondary N) is 1. The first-order valence-corrected chi connectivity index (χ1v) is 9.30. The molecule has 0 aliphatic heterocycles. The summed E-state index contributed by atoms with van der Waals surface area (Å²) in [4.78, 5) is 12.9. The van der Waals surface area contributed by atoms with Gasteiger partial charge in [0.1, 0.15) is 5.82 Å². The summed E-state index contributed by atoms with van der Waals surface area (Å²) in [6, 6.07) is 10.2. The number of hydrogen-bond donors (Lipinski definition) is 2. The number of nitrogens with zero attached hydrogens (tertiary/aromatic N) is 2. The predicted molar refractivity (Wildman–Crippen MR) is 98.5 cm³/mol. The predicted octanol–water partition coefficient (Wildman–Crippen LogP) is 3.27. The molecule has 2 saturated carbocycles. The fourth-order valence-corrected chi connectivity index (χ4v) is 4.62. The van der Waals surface area contributed by atoms with Gasteiger partial charge in [-0.15, -0.1) is 0 Å². The standard InChI is InChI=1S/C20H26N4O/c1-13-5-2-3-8-17(13)24-18(9-10-22-24)23-20(25)16-11-14-6-4-7-15(12-16)19(14)21/h2-3,5,8-10,14-16,19H,4,6-7,11-12,21H2,1H3,(H,23,25). The highest BCUT2D eigenvalue weighted by atomic mass is 16.2. The summed E-state index contributed by atoms with van der Waals surface area (Å²) in [6.45, 7) is 2.05.